The molecule has 2 heterocycles. The van der Waals surface area contributed by atoms with Gasteiger partial charge >= 0.3 is 0 Å². The van der Waals surface area contributed by atoms with E-state index in [1.54, 1.807) is 35.0 Å². The van der Waals surface area contributed by atoms with Crippen molar-refractivity contribution in [1.82, 2.24) is 9.55 Å². The summed E-state index contributed by atoms with van der Waals surface area (Å²) in [6.07, 6.45) is 3.41. The smallest absolute Gasteiger partial charge is 0.120 e. The zero-order valence-electron chi connectivity index (χ0n) is 10.8. The van der Waals surface area contributed by atoms with Crippen molar-refractivity contribution >= 4 is 11.6 Å². The minimum absolute atomic E-state index is 0.485. The van der Waals surface area contributed by atoms with Gasteiger partial charge in [0, 0.05) is 18.9 Å². The third-order valence-electron chi connectivity index (χ3n) is 3.05. The highest BCUT2D eigenvalue weighted by Crippen LogP contribution is 2.20. The van der Waals surface area contributed by atoms with Crippen LogP contribution in [0.4, 0.5) is 0 Å². The molecule has 2 rings (SSSR count). The number of allylic oxidation sites excluding steroid dienone is 1. The van der Waals surface area contributed by atoms with Crippen LogP contribution in [-0.2, 0) is 7.05 Å². The molecular weight excluding hydrogens is 236 g/mol. The fourth-order valence-corrected chi connectivity index (χ4v) is 1.82. The van der Waals surface area contributed by atoms with E-state index in [1.807, 2.05) is 20.0 Å². The molecule has 0 N–H and O–H groups in total. The lowest BCUT2D eigenvalue weighted by molar-refractivity contribution is 0.865. The molecule has 0 saturated carbocycles. The Kier molecular flexibility index (Phi) is 3.45. The van der Waals surface area contributed by atoms with E-state index in [4.69, 9.17) is 5.26 Å². The van der Waals surface area contributed by atoms with Crippen molar-refractivity contribution in [1.29, 1.82) is 10.5 Å². The Morgan fingerprint density at radius 3 is 2.68 bits per heavy atom. The van der Waals surface area contributed by atoms with E-state index in [-0.39, 0.29) is 0 Å². The molecular formula is C15H12N4. The van der Waals surface area contributed by atoms with Crippen molar-refractivity contribution in [3.05, 3.63) is 53.1 Å². The van der Waals surface area contributed by atoms with Crippen LogP contribution in [0.5, 0.6) is 0 Å². The van der Waals surface area contributed by atoms with Gasteiger partial charge in [-0.3, -0.25) is 4.98 Å². The molecule has 0 saturated heterocycles. The van der Waals surface area contributed by atoms with Gasteiger partial charge in [-0.2, -0.15) is 10.5 Å². The Hall–Kier alpha value is -2.85. The third-order valence-corrected chi connectivity index (χ3v) is 3.05. The topological polar surface area (TPSA) is 65.4 Å². The predicted molar refractivity (Wildman–Crippen MR) is 72.6 cm³/mol. The van der Waals surface area contributed by atoms with Crippen LogP contribution in [0.1, 0.15) is 22.6 Å². The van der Waals surface area contributed by atoms with Gasteiger partial charge in [-0.15, -0.1) is 0 Å². The van der Waals surface area contributed by atoms with Gasteiger partial charge in [-0.1, -0.05) is 6.07 Å². The Balaban J connectivity index is 2.52. The number of hydrogen-bond donors (Lipinski definition) is 0. The number of aromatic nitrogens is 2. The number of nitriles is 2. The first-order chi connectivity index (χ1) is 9.17. The summed E-state index contributed by atoms with van der Waals surface area (Å²) in [5.41, 5.74) is 3.49. The van der Waals surface area contributed by atoms with E-state index in [0.717, 1.165) is 11.3 Å². The Bertz CT molecular complexity index is 709. The summed E-state index contributed by atoms with van der Waals surface area (Å²) in [5, 5.41) is 18.2. The monoisotopic (exact) mass is 248 g/mol. The zero-order chi connectivity index (χ0) is 13.8. The van der Waals surface area contributed by atoms with Crippen molar-refractivity contribution in [2.24, 2.45) is 7.05 Å². The minimum Gasteiger partial charge on any atom is -0.339 e. The Morgan fingerprint density at radius 2 is 2.16 bits per heavy atom. The van der Waals surface area contributed by atoms with Crippen LogP contribution in [-0.4, -0.2) is 9.55 Å². The third kappa shape index (κ3) is 2.38. The maximum Gasteiger partial charge on any atom is 0.120 e. The lowest BCUT2D eigenvalue weighted by Gasteiger charge is -1.99. The van der Waals surface area contributed by atoms with E-state index in [2.05, 4.69) is 17.1 Å². The summed E-state index contributed by atoms with van der Waals surface area (Å²) >= 11 is 0. The fraction of sp³-hybridized carbons (Fsp3) is 0.133. The molecule has 0 aliphatic carbocycles. The molecule has 92 valence electrons. The second-order valence-electron chi connectivity index (χ2n) is 4.13. The van der Waals surface area contributed by atoms with Crippen molar-refractivity contribution in [2.75, 3.05) is 0 Å². The normalized spacial score (nSPS) is 10.8. The van der Waals surface area contributed by atoms with Gasteiger partial charge in [0.25, 0.3) is 0 Å². The Morgan fingerprint density at radius 1 is 1.37 bits per heavy atom. The molecule has 2 aromatic rings. The summed E-state index contributed by atoms with van der Waals surface area (Å²) in [5.74, 6) is 0. The molecule has 0 amide bonds. The van der Waals surface area contributed by atoms with Gasteiger partial charge in [0.15, 0.2) is 0 Å². The van der Waals surface area contributed by atoms with Crippen molar-refractivity contribution in [2.45, 2.75) is 6.92 Å². The van der Waals surface area contributed by atoms with E-state index in [1.165, 1.54) is 0 Å². The summed E-state index contributed by atoms with van der Waals surface area (Å²) in [6.45, 7) is 1.92. The molecule has 19 heavy (non-hydrogen) atoms. The SMILES string of the molecule is Cc1c(/C=C(/C#N)c2ccccn2)cc(C#N)n1C. The first-order valence-corrected chi connectivity index (χ1v) is 5.77. The predicted octanol–water partition coefficient (Wildman–Crippen LogP) is 2.66. The van der Waals surface area contributed by atoms with Crippen LogP contribution in [0, 0.1) is 29.6 Å². The quantitative estimate of drug-likeness (QED) is 0.767. The molecule has 0 fully saturated rings. The summed E-state index contributed by atoms with van der Waals surface area (Å²) in [7, 11) is 1.83. The summed E-state index contributed by atoms with van der Waals surface area (Å²) < 4.78 is 1.80. The maximum atomic E-state index is 9.23. The highest BCUT2D eigenvalue weighted by molar-refractivity contribution is 5.88. The second-order valence-corrected chi connectivity index (χ2v) is 4.13. The first kappa shape index (κ1) is 12.6. The van der Waals surface area contributed by atoms with Gasteiger partial charge in [0.2, 0.25) is 0 Å². The van der Waals surface area contributed by atoms with Crippen molar-refractivity contribution in [3.8, 4) is 12.1 Å². The van der Waals surface area contributed by atoms with E-state index in [0.29, 0.717) is 17.0 Å². The van der Waals surface area contributed by atoms with Gasteiger partial charge in [0.1, 0.15) is 17.8 Å². The van der Waals surface area contributed by atoms with E-state index < -0.39 is 0 Å². The lowest BCUT2D eigenvalue weighted by atomic mass is 10.1. The van der Waals surface area contributed by atoms with Crippen molar-refractivity contribution < 1.29 is 0 Å². The van der Waals surface area contributed by atoms with E-state index in [9.17, 15) is 5.26 Å². The average molecular weight is 248 g/mol. The number of pyridine rings is 1. The van der Waals surface area contributed by atoms with Gasteiger partial charge in [0.05, 0.1) is 11.3 Å². The molecule has 4 heteroatoms. The molecule has 0 aliphatic heterocycles. The fourth-order valence-electron chi connectivity index (χ4n) is 1.82. The number of hydrogen-bond acceptors (Lipinski definition) is 3. The standard InChI is InChI=1S/C15H12N4/c1-11-12(8-14(10-17)19(11)2)7-13(9-16)15-5-3-4-6-18-15/h3-8H,1-2H3/b13-7-. The molecule has 0 spiro atoms. The van der Waals surface area contributed by atoms with Crippen LogP contribution < -0.4 is 0 Å². The second kappa shape index (κ2) is 5.20. The molecule has 2 aromatic heterocycles. The first-order valence-electron chi connectivity index (χ1n) is 5.77. The zero-order valence-corrected chi connectivity index (χ0v) is 10.8. The maximum absolute atomic E-state index is 9.23. The summed E-state index contributed by atoms with van der Waals surface area (Å²) in [4.78, 5) is 4.16. The molecule has 0 radical (unpaired) electrons. The Labute approximate surface area is 111 Å². The molecule has 0 aliphatic rings. The minimum atomic E-state index is 0.485. The van der Waals surface area contributed by atoms with Gasteiger partial charge < -0.3 is 4.57 Å². The largest absolute Gasteiger partial charge is 0.339 e. The van der Waals surface area contributed by atoms with Crippen LogP contribution in [0.15, 0.2) is 30.5 Å². The van der Waals surface area contributed by atoms with E-state index >= 15 is 0 Å². The van der Waals surface area contributed by atoms with Crippen LogP contribution in [0.3, 0.4) is 0 Å². The number of nitrogens with zero attached hydrogens (tertiary/aromatic N) is 4. The average Bonchev–Trinajstić information content (AvgIpc) is 2.73. The molecule has 0 unspecified atom stereocenters. The number of rotatable bonds is 2. The molecule has 4 nitrogen and oxygen atoms in total. The highest BCUT2D eigenvalue weighted by Gasteiger charge is 2.09. The van der Waals surface area contributed by atoms with Crippen LogP contribution in [0.25, 0.3) is 11.6 Å². The van der Waals surface area contributed by atoms with Crippen LogP contribution in [0.2, 0.25) is 0 Å². The highest BCUT2D eigenvalue weighted by atomic mass is 14.9. The van der Waals surface area contributed by atoms with Crippen molar-refractivity contribution in [3.63, 3.8) is 0 Å². The summed E-state index contributed by atoms with van der Waals surface area (Å²) in [6, 6.07) is 11.5. The lowest BCUT2D eigenvalue weighted by Crippen LogP contribution is -1.94. The molecule has 0 bridgehead atoms. The molecule has 0 atom stereocenters. The van der Waals surface area contributed by atoms with Gasteiger partial charge in [-0.05, 0) is 36.8 Å². The molecule has 0 aromatic carbocycles. The van der Waals surface area contributed by atoms with Crippen LogP contribution >= 0.6 is 0 Å². The van der Waals surface area contributed by atoms with Gasteiger partial charge in [-0.25, -0.2) is 0 Å².